The number of hydrogen-bond donors (Lipinski definition) is 2. The van der Waals surface area contributed by atoms with Gasteiger partial charge in [-0.25, -0.2) is 0 Å². The second kappa shape index (κ2) is 8.11. The van der Waals surface area contributed by atoms with E-state index in [-0.39, 0.29) is 12.5 Å². The number of rotatable bonds is 5. The fourth-order valence-corrected chi connectivity index (χ4v) is 4.08. The number of likely N-dealkylation sites (tertiary alicyclic amines) is 1. The van der Waals surface area contributed by atoms with Gasteiger partial charge in [-0.05, 0) is 55.0 Å². The van der Waals surface area contributed by atoms with Crippen LogP contribution in [-0.2, 0) is 11.2 Å². The first kappa shape index (κ1) is 18.0. The lowest BCUT2D eigenvalue weighted by Crippen LogP contribution is -2.38. The van der Waals surface area contributed by atoms with Crippen molar-refractivity contribution in [2.75, 3.05) is 31.6 Å². The highest BCUT2D eigenvalue weighted by Gasteiger charge is 2.24. The number of amides is 1. The Labute approximate surface area is 160 Å². The Balaban J connectivity index is 1.36. The molecule has 2 aromatic carbocycles. The normalized spacial score (nSPS) is 21.1. The first-order chi connectivity index (χ1) is 13.2. The summed E-state index contributed by atoms with van der Waals surface area (Å²) in [6.07, 6.45) is 2.95. The quantitative estimate of drug-likeness (QED) is 0.854. The van der Waals surface area contributed by atoms with Crippen molar-refractivity contribution in [2.45, 2.75) is 25.4 Å². The maximum Gasteiger partial charge on any atom is 0.262 e. The smallest absolute Gasteiger partial charge is 0.262 e. The van der Waals surface area contributed by atoms with Gasteiger partial charge in [0.05, 0.1) is 11.8 Å². The average molecular weight is 366 g/mol. The summed E-state index contributed by atoms with van der Waals surface area (Å²) in [7, 11) is 0. The Kier molecular flexibility index (Phi) is 5.41. The van der Waals surface area contributed by atoms with Gasteiger partial charge in [0.25, 0.3) is 5.91 Å². The molecular formula is C22H26N2O3. The minimum Gasteiger partial charge on any atom is -0.482 e. The van der Waals surface area contributed by atoms with E-state index in [1.807, 2.05) is 12.1 Å². The molecule has 5 nitrogen and oxygen atoms in total. The number of fused-ring (bicyclic) bond motifs is 1. The largest absolute Gasteiger partial charge is 0.482 e. The van der Waals surface area contributed by atoms with Crippen molar-refractivity contribution in [2.24, 2.45) is 5.92 Å². The van der Waals surface area contributed by atoms with Crippen LogP contribution in [-0.4, -0.2) is 42.2 Å². The van der Waals surface area contributed by atoms with E-state index in [0.29, 0.717) is 23.9 Å². The number of aliphatic hydroxyl groups is 1. The van der Waals surface area contributed by atoms with E-state index >= 15 is 0 Å². The Morgan fingerprint density at radius 2 is 2.07 bits per heavy atom. The van der Waals surface area contributed by atoms with Gasteiger partial charge in [0.2, 0.25) is 0 Å². The van der Waals surface area contributed by atoms with Crippen molar-refractivity contribution >= 4 is 11.6 Å². The molecule has 2 aromatic rings. The van der Waals surface area contributed by atoms with E-state index in [1.165, 1.54) is 18.4 Å². The van der Waals surface area contributed by atoms with Crippen LogP contribution in [0, 0.1) is 5.92 Å². The predicted octanol–water partition coefficient (Wildman–Crippen LogP) is 3.01. The van der Waals surface area contributed by atoms with Gasteiger partial charge in [0.1, 0.15) is 5.75 Å². The zero-order valence-electron chi connectivity index (χ0n) is 15.4. The highest BCUT2D eigenvalue weighted by Crippen LogP contribution is 2.31. The molecule has 142 valence electrons. The van der Waals surface area contributed by atoms with E-state index < -0.39 is 6.10 Å². The lowest BCUT2D eigenvalue weighted by atomic mass is 9.91. The van der Waals surface area contributed by atoms with Crippen molar-refractivity contribution < 1.29 is 14.6 Å². The Morgan fingerprint density at radius 1 is 1.22 bits per heavy atom. The van der Waals surface area contributed by atoms with Crippen molar-refractivity contribution in [3.8, 4) is 5.75 Å². The van der Waals surface area contributed by atoms with Crippen LogP contribution in [0.15, 0.2) is 48.5 Å². The molecule has 2 atom stereocenters. The van der Waals surface area contributed by atoms with Crippen molar-refractivity contribution in [1.82, 2.24) is 4.90 Å². The molecule has 2 aliphatic rings. The molecule has 0 saturated carbocycles. The second-order valence-electron chi connectivity index (χ2n) is 7.57. The summed E-state index contributed by atoms with van der Waals surface area (Å²) in [5.74, 6) is 1.12. The number of nitrogens with zero attached hydrogens (tertiary/aromatic N) is 1. The maximum absolute atomic E-state index is 11.4. The van der Waals surface area contributed by atoms with Gasteiger partial charge in [0.15, 0.2) is 6.61 Å². The number of carbonyl (C=O) groups excluding carboxylic acids is 1. The number of ether oxygens (including phenoxy) is 1. The monoisotopic (exact) mass is 366 g/mol. The number of aliphatic hydroxyl groups excluding tert-OH is 1. The van der Waals surface area contributed by atoms with E-state index in [4.69, 9.17) is 4.74 Å². The first-order valence-electron chi connectivity index (χ1n) is 9.68. The highest BCUT2D eigenvalue weighted by molar-refractivity contribution is 5.95. The van der Waals surface area contributed by atoms with Crippen LogP contribution in [0.2, 0.25) is 0 Å². The maximum atomic E-state index is 11.4. The molecular weight excluding hydrogens is 340 g/mol. The molecule has 0 spiro atoms. The lowest BCUT2D eigenvalue weighted by Gasteiger charge is -2.34. The van der Waals surface area contributed by atoms with Crippen LogP contribution < -0.4 is 10.1 Å². The summed E-state index contributed by atoms with van der Waals surface area (Å²) >= 11 is 0. The minimum absolute atomic E-state index is 0.0276. The number of benzene rings is 2. The Bertz CT molecular complexity index is 793. The van der Waals surface area contributed by atoms with Crippen LogP contribution in [0.25, 0.3) is 0 Å². The van der Waals surface area contributed by atoms with Gasteiger partial charge < -0.3 is 20.1 Å². The van der Waals surface area contributed by atoms with Gasteiger partial charge >= 0.3 is 0 Å². The van der Waals surface area contributed by atoms with Crippen LogP contribution in [0.1, 0.15) is 30.1 Å². The van der Waals surface area contributed by atoms with Crippen LogP contribution in [0.3, 0.4) is 0 Å². The van der Waals surface area contributed by atoms with Gasteiger partial charge in [-0.1, -0.05) is 36.4 Å². The van der Waals surface area contributed by atoms with Crippen LogP contribution in [0.4, 0.5) is 5.69 Å². The van der Waals surface area contributed by atoms with Crippen molar-refractivity contribution in [3.05, 3.63) is 59.7 Å². The average Bonchev–Trinajstić information content (AvgIpc) is 2.68. The molecule has 2 heterocycles. The zero-order chi connectivity index (χ0) is 18.6. The number of hydrogen-bond acceptors (Lipinski definition) is 4. The van der Waals surface area contributed by atoms with Gasteiger partial charge in [-0.15, -0.1) is 0 Å². The molecule has 0 aromatic heterocycles. The number of β-amino-alcohol motifs (C(OH)–C–C–N with tert-alkyl or cyclic N) is 1. The fraction of sp³-hybridized carbons (Fsp3) is 0.409. The summed E-state index contributed by atoms with van der Waals surface area (Å²) in [6, 6.07) is 16.1. The molecule has 4 rings (SSSR count). The molecule has 0 radical (unpaired) electrons. The van der Waals surface area contributed by atoms with Crippen LogP contribution >= 0.6 is 0 Å². The third-order valence-corrected chi connectivity index (χ3v) is 5.42. The summed E-state index contributed by atoms with van der Waals surface area (Å²) < 4.78 is 5.46. The van der Waals surface area contributed by atoms with Gasteiger partial charge in [-0.2, -0.15) is 0 Å². The zero-order valence-corrected chi connectivity index (χ0v) is 15.4. The molecule has 2 N–H and O–H groups in total. The SMILES string of the molecule is O=C1COc2cc(C(O)CN3CCCC(Cc4ccccc4)C3)ccc2N1. The summed E-state index contributed by atoms with van der Waals surface area (Å²) in [4.78, 5) is 13.7. The summed E-state index contributed by atoms with van der Waals surface area (Å²) in [5.41, 5.74) is 2.89. The molecule has 2 aliphatic heterocycles. The predicted molar refractivity (Wildman–Crippen MR) is 105 cm³/mol. The van der Waals surface area contributed by atoms with E-state index in [9.17, 15) is 9.90 Å². The molecule has 2 unspecified atom stereocenters. The molecule has 1 amide bonds. The molecule has 0 aliphatic carbocycles. The van der Waals surface area contributed by atoms with Gasteiger partial charge in [-0.3, -0.25) is 4.79 Å². The molecule has 1 fully saturated rings. The second-order valence-corrected chi connectivity index (χ2v) is 7.57. The van der Waals surface area contributed by atoms with Crippen molar-refractivity contribution in [1.29, 1.82) is 0 Å². The lowest BCUT2D eigenvalue weighted by molar-refractivity contribution is -0.118. The number of nitrogens with one attached hydrogen (secondary N) is 1. The molecule has 27 heavy (non-hydrogen) atoms. The highest BCUT2D eigenvalue weighted by atomic mass is 16.5. The minimum atomic E-state index is -0.563. The summed E-state index contributed by atoms with van der Waals surface area (Å²) in [6.45, 7) is 2.69. The summed E-state index contributed by atoms with van der Waals surface area (Å²) in [5, 5.41) is 13.5. The Hall–Kier alpha value is -2.37. The number of piperidine rings is 1. The molecule has 1 saturated heterocycles. The topological polar surface area (TPSA) is 61.8 Å². The third kappa shape index (κ3) is 4.49. The Morgan fingerprint density at radius 3 is 2.93 bits per heavy atom. The fourth-order valence-electron chi connectivity index (χ4n) is 4.08. The van der Waals surface area contributed by atoms with Gasteiger partial charge in [0, 0.05) is 13.1 Å². The standard InChI is InChI=1S/C22H26N2O3/c25-20(18-8-9-19-21(12-18)27-15-22(26)23-19)14-24-10-4-7-17(13-24)11-16-5-2-1-3-6-16/h1-3,5-6,8-9,12,17,20,25H,4,7,10-11,13-15H2,(H,23,26). The third-order valence-electron chi connectivity index (χ3n) is 5.42. The number of carbonyl (C=O) groups is 1. The first-order valence-corrected chi connectivity index (χ1v) is 9.68. The number of anilines is 1. The molecule has 0 bridgehead atoms. The van der Waals surface area contributed by atoms with E-state index in [2.05, 4.69) is 40.5 Å². The van der Waals surface area contributed by atoms with Crippen LogP contribution in [0.5, 0.6) is 5.75 Å². The van der Waals surface area contributed by atoms with E-state index in [0.717, 1.165) is 25.1 Å². The van der Waals surface area contributed by atoms with Crippen molar-refractivity contribution in [3.63, 3.8) is 0 Å². The van der Waals surface area contributed by atoms with E-state index in [1.54, 1.807) is 6.07 Å². The molecule has 5 heteroatoms.